The Morgan fingerprint density at radius 3 is 2.12 bits per heavy atom. The zero-order chi connectivity index (χ0) is 18.4. The third-order valence-electron chi connectivity index (χ3n) is 3.66. The summed E-state index contributed by atoms with van der Waals surface area (Å²) in [6.45, 7) is 4.45. The van der Waals surface area contributed by atoms with E-state index in [4.69, 9.17) is 9.47 Å². The van der Waals surface area contributed by atoms with Crippen LogP contribution in [0.15, 0.2) is 48.5 Å². The number of benzene rings is 2. The molecule has 0 saturated heterocycles. The fraction of sp³-hybridized carbons (Fsp3) is 0.250. The van der Waals surface area contributed by atoms with E-state index in [1.807, 2.05) is 37.3 Å². The molecule has 5 nitrogen and oxygen atoms in total. The molecule has 1 atom stereocenters. The smallest absolute Gasteiger partial charge is 0.308 e. The summed E-state index contributed by atoms with van der Waals surface area (Å²) < 4.78 is 10.2. The summed E-state index contributed by atoms with van der Waals surface area (Å²) in [6.07, 6.45) is 0.605. The van der Waals surface area contributed by atoms with Crippen LogP contribution >= 0.6 is 0 Å². The number of rotatable bonds is 6. The number of Topliss-reactive ketones (excluding diaryl/α,β-unsaturated/α-hetero) is 1. The normalized spacial score (nSPS) is 11.5. The summed E-state index contributed by atoms with van der Waals surface area (Å²) in [4.78, 5) is 35.5. The standard InChI is InChI=1S/C20H20O5/c1-4-17(15-8-6-5-7-9-15)20(23)18-11-10-16(24-13(2)21)12-19(18)25-14(3)22/h5-12,17H,4H2,1-3H3. The Bertz CT molecular complexity index is 780. The number of carbonyl (C=O) groups excluding carboxylic acids is 3. The Morgan fingerprint density at radius 2 is 1.56 bits per heavy atom. The Hall–Kier alpha value is -2.95. The van der Waals surface area contributed by atoms with Gasteiger partial charge in [-0.25, -0.2) is 0 Å². The fourth-order valence-electron chi connectivity index (χ4n) is 2.62. The summed E-state index contributed by atoms with van der Waals surface area (Å²) in [5, 5.41) is 0. The molecule has 1 unspecified atom stereocenters. The van der Waals surface area contributed by atoms with Crippen molar-refractivity contribution in [3.05, 3.63) is 59.7 Å². The van der Waals surface area contributed by atoms with Gasteiger partial charge in [0, 0.05) is 25.8 Å². The molecule has 130 valence electrons. The van der Waals surface area contributed by atoms with E-state index in [0.29, 0.717) is 6.42 Å². The minimum Gasteiger partial charge on any atom is -0.427 e. The van der Waals surface area contributed by atoms with Crippen LogP contribution in [-0.2, 0) is 9.59 Å². The molecule has 0 amide bonds. The van der Waals surface area contributed by atoms with Crippen molar-refractivity contribution >= 4 is 17.7 Å². The van der Waals surface area contributed by atoms with E-state index >= 15 is 0 Å². The predicted molar refractivity (Wildman–Crippen MR) is 92.9 cm³/mol. The molecule has 0 heterocycles. The van der Waals surface area contributed by atoms with Gasteiger partial charge >= 0.3 is 11.9 Å². The molecule has 2 aromatic carbocycles. The first-order valence-corrected chi connectivity index (χ1v) is 8.02. The van der Waals surface area contributed by atoms with Gasteiger partial charge in [0.2, 0.25) is 0 Å². The van der Waals surface area contributed by atoms with Crippen molar-refractivity contribution in [2.45, 2.75) is 33.1 Å². The monoisotopic (exact) mass is 340 g/mol. The zero-order valence-electron chi connectivity index (χ0n) is 14.4. The van der Waals surface area contributed by atoms with Gasteiger partial charge < -0.3 is 9.47 Å². The quantitative estimate of drug-likeness (QED) is 0.453. The highest BCUT2D eigenvalue weighted by atomic mass is 16.5. The average Bonchev–Trinajstić information content (AvgIpc) is 2.55. The maximum absolute atomic E-state index is 13.0. The van der Waals surface area contributed by atoms with Crippen LogP contribution in [0.4, 0.5) is 0 Å². The molecule has 25 heavy (non-hydrogen) atoms. The summed E-state index contributed by atoms with van der Waals surface area (Å²) in [5.41, 5.74) is 1.18. The second kappa shape index (κ2) is 8.24. The Kier molecular flexibility index (Phi) is 6.06. The second-order valence-electron chi connectivity index (χ2n) is 5.58. The number of esters is 2. The van der Waals surface area contributed by atoms with Gasteiger partial charge in [-0.05, 0) is 24.1 Å². The molecular weight excluding hydrogens is 320 g/mol. The second-order valence-corrected chi connectivity index (χ2v) is 5.58. The van der Waals surface area contributed by atoms with E-state index in [2.05, 4.69) is 0 Å². The van der Waals surface area contributed by atoms with Gasteiger partial charge in [0.1, 0.15) is 11.5 Å². The van der Waals surface area contributed by atoms with Gasteiger partial charge in [-0.1, -0.05) is 37.3 Å². The third-order valence-corrected chi connectivity index (χ3v) is 3.66. The lowest BCUT2D eigenvalue weighted by molar-refractivity contribution is -0.132. The number of hydrogen-bond donors (Lipinski definition) is 0. The molecule has 0 bridgehead atoms. The average molecular weight is 340 g/mol. The van der Waals surface area contributed by atoms with Gasteiger partial charge in [0.25, 0.3) is 0 Å². The Balaban J connectivity index is 2.42. The van der Waals surface area contributed by atoms with E-state index in [1.54, 1.807) is 0 Å². The molecule has 0 N–H and O–H groups in total. The molecule has 0 radical (unpaired) electrons. The molecule has 0 aliphatic rings. The van der Waals surface area contributed by atoms with Crippen LogP contribution in [0, 0.1) is 0 Å². The van der Waals surface area contributed by atoms with Crippen molar-refractivity contribution in [1.82, 2.24) is 0 Å². The van der Waals surface area contributed by atoms with Gasteiger partial charge in [0.05, 0.1) is 5.56 Å². The molecule has 0 fully saturated rings. The van der Waals surface area contributed by atoms with E-state index in [9.17, 15) is 14.4 Å². The van der Waals surface area contributed by atoms with Crippen LogP contribution in [0.25, 0.3) is 0 Å². The predicted octanol–water partition coefficient (Wildman–Crippen LogP) is 3.91. The Morgan fingerprint density at radius 1 is 0.920 bits per heavy atom. The first-order valence-electron chi connectivity index (χ1n) is 8.02. The van der Waals surface area contributed by atoms with Gasteiger partial charge in [-0.15, -0.1) is 0 Å². The van der Waals surface area contributed by atoms with E-state index in [0.717, 1.165) is 5.56 Å². The summed E-state index contributed by atoms with van der Waals surface area (Å²) >= 11 is 0. The molecule has 0 aliphatic heterocycles. The highest BCUT2D eigenvalue weighted by molar-refractivity contribution is 6.03. The number of ketones is 1. The minimum atomic E-state index is -0.554. The van der Waals surface area contributed by atoms with E-state index in [-0.39, 0.29) is 28.8 Å². The van der Waals surface area contributed by atoms with Crippen molar-refractivity contribution in [1.29, 1.82) is 0 Å². The molecule has 0 aromatic heterocycles. The maximum atomic E-state index is 13.0. The third kappa shape index (κ3) is 4.76. The molecule has 2 rings (SSSR count). The fourth-order valence-corrected chi connectivity index (χ4v) is 2.62. The highest BCUT2D eigenvalue weighted by Gasteiger charge is 2.24. The van der Waals surface area contributed by atoms with Crippen molar-refractivity contribution < 1.29 is 23.9 Å². The van der Waals surface area contributed by atoms with Gasteiger partial charge in [0.15, 0.2) is 5.78 Å². The molecule has 0 aliphatic carbocycles. The van der Waals surface area contributed by atoms with Gasteiger partial charge in [-0.2, -0.15) is 0 Å². The van der Waals surface area contributed by atoms with Crippen molar-refractivity contribution in [2.75, 3.05) is 0 Å². The van der Waals surface area contributed by atoms with Crippen LogP contribution in [0.2, 0.25) is 0 Å². The van der Waals surface area contributed by atoms with E-state index < -0.39 is 11.9 Å². The van der Waals surface area contributed by atoms with E-state index in [1.165, 1.54) is 32.0 Å². The maximum Gasteiger partial charge on any atom is 0.308 e. The molecule has 5 heteroatoms. The van der Waals surface area contributed by atoms with Crippen LogP contribution < -0.4 is 9.47 Å². The van der Waals surface area contributed by atoms with Crippen molar-refractivity contribution in [2.24, 2.45) is 0 Å². The van der Waals surface area contributed by atoms with Gasteiger partial charge in [-0.3, -0.25) is 14.4 Å². The summed E-state index contributed by atoms with van der Waals surface area (Å²) in [5.74, 6) is -1.25. The Labute approximate surface area is 146 Å². The summed E-state index contributed by atoms with van der Waals surface area (Å²) in [7, 11) is 0. The largest absolute Gasteiger partial charge is 0.427 e. The lowest BCUT2D eigenvalue weighted by Gasteiger charge is -2.17. The summed E-state index contributed by atoms with van der Waals surface area (Å²) in [6, 6.07) is 13.8. The number of carbonyl (C=O) groups is 3. The van der Waals surface area contributed by atoms with Crippen molar-refractivity contribution in [3.63, 3.8) is 0 Å². The lowest BCUT2D eigenvalue weighted by atomic mass is 9.88. The zero-order valence-corrected chi connectivity index (χ0v) is 14.4. The molecule has 0 spiro atoms. The lowest BCUT2D eigenvalue weighted by Crippen LogP contribution is -2.15. The molecule has 0 saturated carbocycles. The topological polar surface area (TPSA) is 69.7 Å². The first-order chi connectivity index (χ1) is 11.9. The minimum absolute atomic E-state index is 0.0885. The highest BCUT2D eigenvalue weighted by Crippen LogP contribution is 2.31. The van der Waals surface area contributed by atoms with Crippen LogP contribution in [-0.4, -0.2) is 17.7 Å². The van der Waals surface area contributed by atoms with Crippen LogP contribution in [0.1, 0.15) is 49.0 Å². The van der Waals surface area contributed by atoms with Crippen molar-refractivity contribution in [3.8, 4) is 11.5 Å². The van der Waals surface area contributed by atoms with Crippen LogP contribution in [0.5, 0.6) is 11.5 Å². The number of ether oxygens (including phenoxy) is 2. The van der Waals surface area contributed by atoms with Crippen LogP contribution in [0.3, 0.4) is 0 Å². The SMILES string of the molecule is CCC(C(=O)c1ccc(OC(C)=O)cc1OC(C)=O)c1ccccc1. The molecular formula is C20H20O5. The molecule has 2 aromatic rings. The first kappa shape index (κ1) is 18.4. The number of hydrogen-bond acceptors (Lipinski definition) is 5.